The third-order valence-electron chi connectivity index (χ3n) is 4.56. The SMILES string of the molecule is Cc1nn(-c2ccccc2)cc1C(=O)N1CCC(C)CC1C(=O)O. The molecule has 2 unspecified atom stereocenters. The van der Waals surface area contributed by atoms with Gasteiger partial charge in [0.15, 0.2) is 0 Å². The van der Waals surface area contributed by atoms with Crippen LogP contribution in [-0.2, 0) is 4.79 Å². The molecule has 3 rings (SSSR count). The monoisotopic (exact) mass is 327 g/mol. The third-order valence-corrected chi connectivity index (χ3v) is 4.56. The van der Waals surface area contributed by atoms with E-state index in [-0.39, 0.29) is 5.91 Å². The molecule has 1 aliphatic rings. The fraction of sp³-hybridized carbons (Fsp3) is 0.389. The van der Waals surface area contributed by atoms with Gasteiger partial charge in [0.25, 0.3) is 5.91 Å². The number of aryl methyl sites for hydroxylation is 1. The fourth-order valence-corrected chi connectivity index (χ4v) is 3.16. The molecule has 0 spiro atoms. The summed E-state index contributed by atoms with van der Waals surface area (Å²) >= 11 is 0. The topological polar surface area (TPSA) is 75.4 Å². The van der Waals surface area contributed by atoms with E-state index >= 15 is 0 Å². The highest BCUT2D eigenvalue weighted by Gasteiger charge is 2.36. The summed E-state index contributed by atoms with van der Waals surface area (Å²) in [5.74, 6) is -0.889. The Morgan fingerprint density at radius 2 is 1.96 bits per heavy atom. The lowest BCUT2D eigenvalue weighted by Gasteiger charge is -2.35. The number of carboxylic acid groups (broad SMARTS) is 1. The number of aliphatic carboxylic acids is 1. The number of nitrogens with zero attached hydrogens (tertiary/aromatic N) is 3. The molecule has 2 atom stereocenters. The first kappa shape index (κ1) is 16.2. The molecular formula is C18H21N3O3. The van der Waals surface area contributed by atoms with Crippen LogP contribution in [0.4, 0.5) is 0 Å². The predicted molar refractivity (Wildman–Crippen MR) is 89.2 cm³/mol. The molecule has 2 aromatic rings. The minimum absolute atomic E-state index is 0.256. The Morgan fingerprint density at radius 1 is 1.25 bits per heavy atom. The van der Waals surface area contributed by atoms with Crippen LogP contribution >= 0.6 is 0 Å². The van der Waals surface area contributed by atoms with Crippen molar-refractivity contribution in [2.24, 2.45) is 5.92 Å². The predicted octanol–water partition coefficient (Wildman–Crippen LogP) is 2.51. The van der Waals surface area contributed by atoms with Gasteiger partial charge in [-0.05, 0) is 37.8 Å². The van der Waals surface area contributed by atoms with Crippen LogP contribution in [0.2, 0.25) is 0 Å². The van der Waals surface area contributed by atoms with Gasteiger partial charge >= 0.3 is 5.97 Å². The van der Waals surface area contributed by atoms with Crippen molar-refractivity contribution in [3.05, 3.63) is 47.8 Å². The molecule has 1 aliphatic heterocycles. The molecule has 0 saturated carbocycles. The van der Waals surface area contributed by atoms with Crippen molar-refractivity contribution in [1.82, 2.24) is 14.7 Å². The number of carbonyl (C=O) groups excluding carboxylic acids is 1. The van der Waals surface area contributed by atoms with E-state index < -0.39 is 12.0 Å². The van der Waals surface area contributed by atoms with Gasteiger partial charge in [0.2, 0.25) is 0 Å². The highest BCUT2D eigenvalue weighted by atomic mass is 16.4. The first-order valence-electron chi connectivity index (χ1n) is 8.13. The lowest BCUT2D eigenvalue weighted by atomic mass is 9.92. The molecule has 1 N–H and O–H groups in total. The first-order chi connectivity index (χ1) is 11.5. The second-order valence-electron chi connectivity index (χ2n) is 6.39. The average molecular weight is 327 g/mol. The van der Waals surface area contributed by atoms with Crippen LogP contribution in [0.1, 0.15) is 35.8 Å². The van der Waals surface area contributed by atoms with Crippen LogP contribution in [0.25, 0.3) is 5.69 Å². The molecule has 1 amide bonds. The Morgan fingerprint density at radius 3 is 2.62 bits per heavy atom. The van der Waals surface area contributed by atoms with Crippen molar-refractivity contribution in [2.75, 3.05) is 6.54 Å². The van der Waals surface area contributed by atoms with Crippen LogP contribution in [0.5, 0.6) is 0 Å². The lowest BCUT2D eigenvalue weighted by molar-refractivity contribution is -0.144. The van der Waals surface area contributed by atoms with Crippen LogP contribution < -0.4 is 0 Å². The number of hydrogen-bond acceptors (Lipinski definition) is 3. The summed E-state index contributed by atoms with van der Waals surface area (Å²) in [6.45, 7) is 4.26. The summed E-state index contributed by atoms with van der Waals surface area (Å²) in [4.78, 5) is 25.9. The molecular weight excluding hydrogens is 306 g/mol. The van der Waals surface area contributed by atoms with Gasteiger partial charge < -0.3 is 10.0 Å². The van der Waals surface area contributed by atoms with Crippen LogP contribution in [0.15, 0.2) is 36.5 Å². The number of rotatable bonds is 3. The minimum Gasteiger partial charge on any atom is -0.480 e. The van der Waals surface area contributed by atoms with Crippen LogP contribution in [0, 0.1) is 12.8 Å². The van der Waals surface area contributed by atoms with Gasteiger partial charge in [0.05, 0.1) is 16.9 Å². The van der Waals surface area contributed by atoms with Gasteiger partial charge in [0.1, 0.15) is 6.04 Å². The van der Waals surface area contributed by atoms with E-state index in [0.717, 1.165) is 12.1 Å². The highest BCUT2D eigenvalue weighted by molar-refractivity contribution is 5.97. The van der Waals surface area contributed by atoms with Crippen molar-refractivity contribution in [1.29, 1.82) is 0 Å². The second kappa shape index (κ2) is 6.47. The maximum absolute atomic E-state index is 12.9. The molecule has 6 nitrogen and oxygen atoms in total. The van der Waals surface area contributed by atoms with Gasteiger partial charge in [-0.25, -0.2) is 9.48 Å². The van der Waals surface area contributed by atoms with Gasteiger partial charge in [-0.3, -0.25) is 4.79 Å². The van der Waals surface area contributed by atoms with Crippen LogP contribution in [-0.4, -0.2) is 44.3 Å². The molecule has 1 aromatic heterocycles. The number of aromatic nitrogens is 2. The Labute approximate surface area is 140 Å². The van der Waals surface area contributed by atoms with E-state index in [1.54, 1.807) is 17.8 Å². The van der Waals surface area contributed by atoms with Gasteiger partial charge in [0, 0.05) is 12.7 Å². The number of likely N-dealkylation sites (tertiary alicyclic amines) is 1. The molecule has 6 heteroatoms. The smallest absolute Gasteiger partial charge is 0.326 e. The minimum atomic E-state index is -0.942. The van der Waals surface area contributed by atoms with Crippen molar-refractivity contribution in [3.63, 3.8) is 0 Å². The summed E-state index contributed by atoms with van der Waals surface area (Å²) in [5.41, 5.74) is 1.92. The maximum atomic E-state index is 12.9. The van der Waals surface area contributed by atoms with E-state index in [1.165, 1.54) is 4.90 Å². The number of piperidine rings is 1. The van der Waals surface area contributed by atoms with Gasteiger partial charge in [-0.15, -0.1) is 0 Å². The van der Waals surface area contributed by atoms with Gasteiger partial charge in [-0.2, -0.15) is 5.10 Å². The number of carbonyl (C=O) groups is 2. The number of hydrogen-bond donors (Lipinski definition) is 1. The molecule has 0 bridgehead atoms. The molecule has 126 valence electrons. The summed E-state index contributed by atoms with van der Waals surface area (Å²) in [5, 5.41) is 13.9. The van der Waals surface area contributed by atoms with Crippen molar-refractivity contribution < 1.29 is 14.7 Å². The van der Waals surface area contributed by atoms with Crippen molar-refractivity contribution in [2.45, 2.75) is 32.7 Å². The molecule has 1 saturated heterocycles. The van der Waals surface area contributed by atoms with Gasteiger partial charge in [-0.1, -0.05) is 25.1 Å². The summed E-state index contributed by atoms with van der Waals surface area (Å²) < 4.78 is 1.66. The third kappa shape index (κ3) is 3.04. The molecule has 2 heterocycles. The molecule has 1 aromatic carbocycles. The second-order valence-corrected chi connectivity index (χ2v) is 6.39. The summed E-state index contributed by atoms with van der Waals surface area (Å²) in [7, 11) is 0. The maximum Gasteiger partial charge on any atom is 0.326 e. The largest absolute Gasteiger partial charge is 0.480 e. The highest BCUT2D eigenvalue weighted by Crippen LogP contribution is 2.25. The summed E-state index contributed by atoms with van der Waals surface area (Å²) in [6, 6.07) is 8.77. The summed E-state index contributed by atoms with van der Waals surface area (Å²) in [6.07, 6.45) is 3.00. The number of para-hydroxylation sites is 1. The molecule has 0 radical (unpaired) electrons. The molecule has 1 fully saturated rings. The lowest BCUT2D eigenvalue weighted by Crippen LogP contribution is -2.49. The zero-order valence-electron chi connectivity index (χ0n) is 13.8. The van der Waals surface area contributed by atoms with Crippen molar-refractivity contribution in [3.8, 4) is 5.69 Å². The Hall–Kier alpha value is -2.63. The average Bonchev–Trinajstić information content (AvgIpc) is 2.97. The first-order valence-corrected chi connectivity index (χ1v) is 8.13. The number of benzene rings is 1. The zero-order valence-corrected chi connectivity index (χ0v) is 13.8. The Bertz CT molecular complexity index is 754. The van der Waals surface area contributed by atoms with E-state index in [2.05, 4.69) is 5.10 Å². The Balaban J connectivity index is 1.90. The normalized spacial score (nSPS) is 20.8. The van der Waals surface area contributed by atoms with E-state index in [0.29, 0.717) is 30.1 Å². The zero-order chi connectivity index (χ0) is 17.3. The number of carboxylic acids is 1. The van der Waals surface area contributed by atoms with E-state index in [4.69, 9.17) is 0 Å². The number of amides is 1. The van der Waals surface area contributed by atoms with Crippen molar-refractivity contribution >= 4 is 11.9 Å². The molecule has 0 aliphatic carbocycles. The van der Waals surface area contributed by atoms with Crippen LogP contribution in [0.3, 0.4) is 0 Å². The van der Waals surface area contributed by atoms with E-state index in [9.17, 15) is 14.7 Å². The molecule has 24 heavy (non-hydrogen) atoms. The Kier molecular flexibility index (Phi) is 4.38. The van der Waals surface area contributed by atoms with E-state index in [1.807, 2.05) is 37.3 Å². The quantitative estimate of drug-likeness (QED) is 0.940. The standard InChI is InChI=1S/C18H21N3O3/c1-12-8-9-20(16(10-12)18(23)24)17(22)15-11-21(19-13(15)2)14-6-4-3-5-7-14/h3-7,11-12,16H,8-10H2,1-2H3,(H,23,24). The fourth-order valence-electron chi connectivity index (χ4n) is 3.16.